The molecule has 13 heavy (non-hydrogen) atoms. The van der Waals surface area contributed by atoms with Crippen molar-refractivity contribution in [2.75, 3.05) is 0 Å². The first-order valence-corrected chi connectivity index (χ1v) is 2.77. The van der Waals surface area contributed by atoms with Crippen LogP contribution in [0.1, 0.15) is 12.8 Å². The largest absolute Gasteiger partial charge is 1.00 e. The van der Waals surface area contributed by atoms with E-state index in [4.69, 9.17) is 7.16 Å². The summed E-state index contributed by atoms with van der Waals surface area (Å²) >= 11 is 0. The maximum absolute atomic E-state index is 10.2. The Bertz CT molecular complexity index is 205. The van der Waals surface area contributed by atoms with Gasteiger partial charge in [0.05, 0.1) is 5.97 Å². The van der Waals surface area contributed by atoms with Crippen LogP contribution in [0, 0.1) is 0 Å². The van der Waals surface area contributed by atoms with Crippen molar-refractivity contribution in [3.63, 3.8) is 0 Å². The minimum atomic E-state index is -2.37. The zero-order valence-corrected chi connectivity index (χ0v) is 11.5. The van der Waals surface area contributed by atoms with Crippen LogP contribution in [0.3, 0.4) is 0 Å². The Labute approximate surface area is 121 Å². The molecule has 0 spiro atoms. The van der Waals surface area contributed by atoms with E-state index in [0.29, 0.717) is 0 Å². The molecule has 0 aromatic heterocycles. The van der Waals surface area contributed by atoms with Gasteiger partial charge in [-0.3, -0.25) is 5.73 Å². The molecule has 6 nitrogen and oxygen atoms in total. The number of rotatable bonds is 5. The molecule has 0 rings (SSSR count). The van der Waals surface area contributed by atoms with Gasteiger partial charge in [0.25, 0.3) is 0 Å². The fourth-order valence-corrected chi connectivity index (χ4v) is 0.390. The Morgan fingerprint density at radius 3 is 2.15 bits per heavy atom. The second-order valence-corrected chi connectivity index (χ2v) is 2.05. The molecule has 0 heterocycles. The number of carbonyl (C=O) groups is 2. The van der Waals surface area contributed by atoms with E-state index >= 15 is 0 Å². The predicted octanol–water partition coefficient (Wildman–Crippen LogP) is -10.1. The summed E-state index contributed by atoms with van der Waals surface area (Å²) in [6.07, 6.45) is -1.18. The summed E-state index contributed by atoms with van der Waals surface area (Å²) in [7, 11) is 0. The second kappa shape index (κ2) is 8.19. The van der Waals surface area contributed by atoms with Crippen molar-refractivity contribution >= 4 is 11.9 Å². The third-order valence-corrected chi connectivity index (χ3v) is 1.05. The molecule has 0 radical (unpaired) electrons. The van der Waals surface area contributed by atoms with Gasteiger partial charge in [-0.25, -0.2) is 0 Å². The fourth-order valence-electron chi connectivity index (χ4n) is 0.390. The molecule has 0 saturated carbocycles. The van der Waals surface area contributed by atoms with Gasteiger partial charge in [0.2, 0.25) is 1.43 Å². The summed E-state index contributed by atoms with van der Waals surface area (Å²) in [4.78, 5) is 20.1. The van der Waals surface area contributed by atoms with Gasteiger partial charge >= 0.3 is 59.1 Å². The van der Waals surface area contributed by atoms with E-state index < -0.39 is 30.5 Å². The standard InChI is InChI=1S/C5H9NO5.2Na/c6-5(11,4(9)10)2-1-3(7)8;;/h11H,1-2,6H2,(H,7,8)(H,9,10);;/q;2*+1/p-2/t5-;;/m1../s1/i11D;;. The quantitative estimate of drug-likeness (QED) is 0.341. The Morgan fingerprint density at radius 1 is 1.46 bits per heavy atom. The molecule has 0 bridgehead atoms. The summed E-state index contributed by atoms with van der Waals surface area (Å²) in [5.74, 6) is -3.30. The molecule has 0 aromatic carbocycles. The van der Waals surface area contributed by atoms with Crippen molar-refractivity contribution < 1.29 is 84.0 Å². The Balaban J connectivity index is -0.000000605. The third kappa shape index (κ3) is 9.17. The number of carbonyl (C=O) groups excluding carboxylic acids is 2. The van der Waals surface area contributed by atoms with E-state index in [1.165, 1.54) is 0 Å². The molecular weight excluding hydrogens is 200 g/mol. The molecule has 0 aliphatic heterocycles. The molecule has 1 atom stereocenters. The number of carboxylic acid groups (broad SMARTS) is 2. The van der Waals surface area contributed by atoms with Crippen molar-refractivity contribution in [1.82, 2.24) is 0 Å². The van der Waals surface area contributed by atoms with Crippen LogP contribution in [0.4, 0.5) is 0 Å². The van der Waals surface area contributed by atoms with Gasteiger partial charge in [-0.05, 0) is 6.42 Å². The van der Waals surface area contributed by atoms with Gasteiger partial charge in [-0.2, -0.15) is 0 Å². The van der Waals surface area contributed by atoms with Crippen molar-refractivity contribution in [3.05, 3.63) is 0 Å². The average Bonchev–Trinajstić information content (AvgIpc) is 1.99. The normalized spacial score (nSPS) is 14.1. The molecule has 8 heteroatoms. The second-order valence-electron chi connectivity index (χ2n) is 2.05. The van der Waals surface area contributed by atoms with E-state index in [2.05, 4.69) is 5.11 Å². The van der Waals surface area contributed by atoms with E-state index in [9.17, 15) is 19.8 Å². The molecule has 0 unspecified atom stereocenters. The molecule has 0 saturated heterocycles. The van der Waals surface area contributed by atoms with Crippen LogP contribution < -0.4 is 75.1 Å². The van der Waals surface area contributed by atoms with Crippen molar-refractivity contribution in [2.24, 2.45) is 5.73 Å². The van der Waals surface area contributed by atoms with Crippen molar-refractivity contribution in [1.29, 1.82) is 1.43 Å². The van der Waals surface area contributed by atoms with E-state index in [0.717, 1.165) is 0 Å². The molecule has 0 aromatic rings. The van der Waals surface area contributed by atoms with E-state index in [-0.39, 0.29) is 59.1 Å². The maximum atomic E-state index is 10.2. The predicted molar refractivity (Wildman–Crippen MR) is 28.4 cm³/mol. The number of aliphatic carboxylic acids is 2. The maximum Gasteiger partial charge on any atom is 1.00 e. The zero-order valence-electron chi connectivity index (χ0n) is 8.53. The summed E-state index contributed by atoms with van der Waals surface area (Å²) in [6.45, 7) is 0. The van der Waals surface area contributed by atoms with Crippen LogP contribution in [0.5, 0.6) is 0 Å². The van der Waals surface area contributed by atoms with Gasteiger partial charge in [0, 0.05) is 12.4 Å². The van der Waals surface area contributed by atoms with Crippen molar-refractivity contribution in [3.8, 4) is 0 Å². The molecular formula is C5H7NNa2O5. The number of carboxylic acids is 2. The summed E-state index contributed by atoms with van der Waals surface area (Å²) in [6, 6.07) is 0. The van der Waals surface area contributed by atoms with Crippen LogP contribution >= 0.6 is 0 Å². The van der Waals surface area contributed by atoms with Gasteiger partial charge in [0.15, 0.2) is 5.72 Å². The number of nitrogens with two attached hydrogens (primary N) is 1. The van der Waals surface area contributed by atoms with Crippen LogP contribution in [0.25, 0.3) is 0 Å². The van der Waals surface area contributed by atoms with Crippen molar-refractivity contribution in [2.45, 2.75) is 18.6 Å². The molecule has 0 amide bonds. The Hall–Kier alpha value is 0.860. The van der Waals surface area contributed by atoms with E-state index in [1.807, 2.05) is 0 Å². The zero-order chi connectivity index (χ0) is 9.78. The first kappa shape index (κ1) is 16.3. The molecule has 0 fully saturated rings. The SMILES string of the molecule is [2H]O[C@](N)(CCC(=O)[O-])C(=O)[O-].[Na+].[Na+]. The molecule has 0 aliphatic carbocycles. The average molecular weight is 208 g/mol. The number of hydrogen-bond donors (Lipinski definition) is 2. The van der Waals surface area contributed by atoms with Crippen LogP contribution in [-0.2, 0) is 9.59 Å². The monoisotopic (exact) mass is 208 g/mol. The molecule has 3 N–H and O–H groups in total. The minimum Gasteiger partial charge on any atom is -0.550 e. The minimum absolute atomic E-state index is 0. The summed E-state index contributed by atoms with van der Waals surface area (Å²) in [5.41, 5.74) is 2.55. The number of hydrogen-bond acceptors (Lipinski definition) is 6. The Kier molecular flexibility index (Phi) is 10.3. The summed E-state index contributed by atoms with van der Waals surface area (Å²) in [5, 5.41) is 23.7. The van der Waals surface area contributed by atoms with Gasteiger partial charge in [0.1, 0.15) is 0 Å². The molecule has 64 valence electrons. The van der Waals surface area contributed by atoms with Crippen LogP contribution in [0.15, 0.2) is 0 Å². The first-order chi connectivity index (χ1) is 5.42. The molecule has 0 aliphatic rings. The Morgan fingerprint density at radius 2 is 1.92 bits per heavy atom. The van der Waals surface area contributed by atoms with Crippen LogP contribution in [-0.4, -0.2) is 24.2 Å². The summed E-state index contributed by atoms with van der Waals surface area (Å²) < 4.78 is 6.27. The van der Waals surface area contributed by atoms with Gasteiger partial charge < -0.3 is 24.9 Å². The first-order valence-electron chi connectivity index (χ1n) is 3.17. The fraction of sp³-hybridized carbons (Fsp3) is 0.600. The third-order valence-electron chi connectivity index (χ3n) is 1.05. The number of aliphatic hydroxyl groups is 1. The van der Waals surface area contributed by atoms with E-state index in [1.54, 1.807) is 0 Å². The van der Waals surface area contributed by atoms with Crippen LogP contribution in [0.2, 0.25) is 0 Å². The van der Waals surface area contributed by atoms with Gasteiger partial charge in [-0.15, -0.1) is 0 Å². The smallest absolute Gasteiger partial charge is 0.550 e. The van der Waals surface area contributed by atoms with Gasteiger partial charge in [-0.1, -0.05) is 0 Å². The topological polar surface area (TPSA) is 127 Å².